The Morgan fingerprint density at radius 3 is 2.60 bits per heavy atom. The van der Waals surface area contributed by atoms with E-state index in [0.717, 1.165) is 24.1 Å². The molecular formula is C15H21NO3S. The van der Waals surface area contributed by atoms with E-state index in [2.05, 4.69) is 6.92 Å². The van der Waals surface area contributed by atoms with Crippen molar-refractivity contribution in [2.75, 3.05) is 13.2 Å². The van der Waals surface area contributed by atoms with E-state index in [9.17, 15) is 9.59 Å². The predicted molar refractivity (Wildman–Crippen MR) is 79.1 cm³/mol. The van der Waals surface area contributed by atoms with Gasteiger partial charge in [-0.15, -0.1) is 11.3 Å². The summed E-state index contributed by atoms with van der Waals surface area (Å²) in [5, 5.41) is 0. The quantitative estimate of drug-likeness (QED) is 0.758. The molecule has 2 rings (SSSR count). The van der Waals surface area contributed by atoms with Gasteiger partial charge in [-0.3, -0.25) is 9.59 Å². The molecule has 5 heteroatoms. The lowest BCUT2D eigenvalue weighted by atomic mass is 10.2. The van der Waals surface area contributed by atoms with Gasteiger partial charge in [0.1, 0.15) is 6.54 Å². The van der Waals surface area contributed by atoms with E-state index in [1.807, 2.05) is 13.0 Å². The van der Waals surface area contributed by atoms with Crippen LogP contribution >= 0.6 is 11.3 Å². The number of aryl methyl sites for hydroxylation is 2. The number of carbonyl (C=O) groups excluding carboxylic acids is 2. The van der Waals surface area contributed by atoms with Crippen LogP contribution in [0, 0.1) is 6.92 Å². The molecule has 1 saturated carbocycles. The molecule has 1 fully saturated rings. The van der Waals surface area contributed by atoms with Crippen LogP contribution in [0.4, 0.5) is 0 Å². The highest BCUT2D eigenvalue weighted by Crippen LogP contribution is 2.30. The molecule has 20 heavy (non-hydrogen) atoms. The third-order valence-corrected chi connectivity index (χ3v) is 4.55. The lowest BCUT2D eigenvalue weighted by Crippen LogP contribution is -2.37. The van der Waals surface area contributed by atoms with Crippen LogP contribution in [-0.2, 0) is 16.0 Å². The minimum Gasteiger partial charge on any atom is -0.465 e. The third-order valence-electron chi connectivity index (χ3n) is 3.47. The van der Waals surface area contributed by atoms with Gasteiger partial charge in [-0.1, -0.05) is 6.92 Å². The van der Waals surface area contributed by atoms with Crippen molar-refractivity contribution >= 4 is 23.2 Å². The van der Waals surface area contributed by atoms with Gasteiger partial charge >= 0.3 is 5.97 Å². The zero-order chi connectivity index (χ0) is 14.7. The van der Waals surface area contributed by atoms with E-state index in [0.29, 0.717) is 6.61 Å². The van der Waals surface area contributed by atoms with Crippen LogP contribution in [0.1, 0.15) is 46.8 Å². The SMILES string of the molecule is CCOC(=O)CN(C(=O)c1cc(CC)c(C)s1)C1CC1. The lowest BCUT2D eigenvalue weighted by molar-refractivity contribution is -0.143. The largest absolute Gasteiger partial charge is 0.465 e. The Balaban J connectivity index is 2.12. The average molecular weight is 295 g/mol. The number of rotatable bonds is 6. The van der Waals surface area contributed by atoms with Gasteiger partial charge in [-0.25, -0.2) is 0 Å². The number of hydrogen-bond donors (Lipinski definition) is 0. The van der Waals surface area contributed by atoms with Crippen LogP contribution in [0.2, 0.25) is 0 Å². The van der Waals surface area contributed by atoms with Gasteiger partial charge in [-0.05, 0) is 44.7 Å². The summed E-state index contributed by atoms with van der Waals surface area (Å²) in [6.45, 7) is 6.31. The summed E-state index contributed by atoms with van der Waals surface area (Å²) < 4.78 is 4.96. The van der Waals surface area contributed by atoms with Gasteiger partial charge in [0.25, 0.3) is 5.91 Å². The standard InChI is InChI=1S/C15H21NO3S/c1-4-11-8-13(20-10(11)3)15(18)16(12-6-7-12)9-14(17)19-5-2/h8,12H,4-7,9H2,1-3H3. The lowest BCUT2D eigenvalue weighted by Gasteiger charge is -2.20. The summed E-state index contributed by atoms with van der Waals surface area (Å²) in [5.41, 5.74) is 1.21. The number of esters is 1. The van der Waals surface area contributed by atoms with Gasteiger partial charge in [-0.2, -0.15) is 0 Å². The fourth-order valence-electron chi connectivity index (χ4n) is 2.22. The van der Waals surface area contributed by atoms with Crippen LogP contribution in [0.3, 0.4) is 0 Å². The number of ether oxygens (including phenoxy) is 1. The summed E-state index contributed by atoms with van der Waals surface area (Å²) in [4.78, 5) is 27.8. The summed E-state index contributed by atoms with van der Waals surface area (Å²) in [6.07, 6.45) is 2.89. The highest BCUT2D eigenvalue weighted by atomic mass is 32.1. The molecule has 0 N–H and O–H groups in total. The Morgan fingerprint density at radius 2 is 2.10 bits per heavy atom. The van der Waals surface area contributed by atoms with Crippen molar-refractivity contribution in [1.82, 2.24) is 4.90 Å². The highest BCUT2D eigenvalue weighted by Gasteiger charge is 2.35. The Labute approximate surface area is 123 Å². The van der Waals surface area contributed by atoms with Gasteiger partial charge in [0.2, 0.25) is 0 Å². The van der Waals surface area contributed by atoms with Crippen molar-refractivity contribution < 1.29 is 14.3 Å². The molecule has 0 atom stereocenters. The topological polar surface area (TPSA) is 46.6 Å². The molecule has 0 bridgehead atoms. The molecule has 110 valence electrons. The fourth-order valence-corrected chi connectivity index (χ4v) is 3.29. The molecule has 0 aromatic carbocycles. The monoisotopic (exact) mass is 295 g/mol. The molecule has 4 nitrogen and oxygen atoms in total. The van der Waals surface area contributed by atoms with Gasteiger partial charge in [0.05, 0.1) is 11.5 Å². The number of amides is 1. The second-order valence-corrected chi connectivity index (χ2v) is 6.27. The molecule has 1 heterocycles. The highest BCUT2D eigenvalue weighted by molar-refractivity contribution is 7.14. The van der Waals surface area contributed by atoms with E-state index in [4.69, 9.17) is 4.74 Å². The summed E-state index contributed by atoms with van der Waals surface area (Å²) in [6, 6.07) is 2.17. The minimum absolute atomic E-state index is 0.0339. The molecule has 1 aromatic rings. The van der Waals surface area contributed by atoms with Crippen molar-refractivity contribution in [1.29, 1.82) is 0 Å². The zero-order valence-corrected chi connectivity index (χ0v) is 13.1. The van der Waals surface area contributed by atoms with Crippen molar-refractivity contribution in [2.45, 2.75) is 46.1 Å². The first-order valence-electron chi connectivity index (χ1n) is 7.12. The molecule has 0 spiro atoms. The normalized spacial score (nSPS) is 14.2. The molecule has 1 amide bonds. The number of nitrogens with zero attached hydrogens (tertiary/aromatic N) is 1. The van der Waals surface area contributed by atoms with Crippen molar-refractivity contribution in [3.05, 3.63) is 21.4 Å². The van der Waals surface area contributed by atoms with Crippen molar-refractivity contribution in [3.63, 3.8) is 0 Å². The van der Waals surface area contributed by atoms with Crippen LogP contribution in [0.5, 0.6) is 0 Å². The van der Waals surface area contributed by atoms with Crippen molar-refractivity contribution in [2.24, 2.45) is 0 Å². The van der Waals surface area contributed by atoms with Crippen LogP contribution in [0.25, 0.3) is 0 Å². The summed E-state index contributed by atoms with van der Waals surface area (Å²) >= 11 is 1.52. The molecule has 0 radical (unpaired) electrons. The number of thiophene rings is 1. The summed E-state index contributed by atoms with van der Waals surface area (Å²) in [7, 11) is 0. The van der Waals surface area contributed by atoms with Gasteiger partial charge < -0.3 is 9.64 Å². The molecule has 1 aliphatic rings. The first-order chi connectivity index (χ1) is 9.56. The van der Waals surface area contributed by atoms with E-state index >= 15 is 0 Å². The Morgan fingerprint density at radius 1 is 1.40 bits per heavy atom. The maximum absolute atomic E-state index is 12.6. The second kappa shape index (κ2) is 6.39. The Hall–Kier alpha value is -1.36. The molecule has 1 aliphatic carbocycles. The van der Waals surface area contributed by atoms with Gasteiger partial charge in [0, 0.05) is 10.9 Å². The molecule has 0 aliphatic heterocycles. The molecule has 0 unspecified atom stereocenters. The van der Waals surface area contributed by atoms with Crippen LogP contribution < -0.4 is 0 Å². The number of hydrogen-bond acceptors (Lipinski definition) is 4. The first kappa shape index (κ1) is 15.0. The van der Waals surface area contributed by atoms with Crippen molar-refractivity contribution in [3.8, 4) is 0 Å². The Bertz CT molecular complexity index is 505. The average Bonchev–Trinajstić information content (AvgIpc) is 3.18. The van der Waals surface area contributed by atoms with Crippen LogP contribution in [0.15, 0.2) is 6.07 Å². The van der Waals surface area contributed by atoms with Gasteiger partial charge in [0.15, 0.2) is 0 Å². The van der Waals surface area contributed by atoms with E-state index in [1.54, 1.807) is 11.8 Å². The Kier molecular flexibility index (Phi) is 4.81. The molecule has 0 saturated heterocycles. The maximum Gasteiger partial charge on any atom is 0.325 e. The maximum atomic E-state index is 12.6. The van der Waals surface area contributed by atoms with E-state index in [-0.39, 0.29) is 24.5 Å². The zero-order valence-electron chi connectivity index (χ0n) is 12.3. The predicted octanol–water partition coefficient (Wildman–Crippen LogP) is 2.79. The fraction of sp³-hybridized carbons (Fsp3) is 0.600. The smallest absolute Gasteiger partial charge is 0.325 e. The number of carbonyl (C=O) groups is 2. The van der Waals surface area contributed by atoms with Crippen LogP contribution in [-0.4, -0.2) is 36.0 Å². The van der Waals surface area contributed by atoms with E-state index in [1.165, 1.54) is 21.8 Å². The first-order valence-corrected chi connectivity index (χ1v) is 7.94. The molecular weight excluding hydrogens is 274 g/mol. The third kappa shape index (κ3) is 3.39. The minimum atomic E-state index is -0.322. The molecule has 1 aromatic heterocycles. The summed E-state index contributed by atoms with van der Waals surface area (Å²) in [5.74, 6) is -0.356. The second-order valence-electron chi connectivity index (χ2n) is 5.01. The van der Waals surface area contributed by atoms with E-state index < -0.39 is 0 Å².